The van der Waals surface area contributed by atoms with Gasteiger partial charge in [-0.3, -0.25) is 14.6 Å². The minimum Gasteiger partial charge on any atom is -0.441 e. The number of morpholine rings is 1. The van der Waals surface area contributed by atoms with Crippen molar-refractivity contribution < 1.29 is 13.9 Å². The quantitative estimate of drug-likeness (QED) is 0.700. The summed E-state index contributed by atoms with van der Waals surface area (Å²) < 4.78 is 11.6. The second-order valence-corrected chi connectivity index (χ2v) is 9.45. The number of piperazine rings is 1. The van der Waals surface area contributed by atoms with Crippen LogP contribution in [0.2, 0.25) is 0 Å². The van der Waals surface area contributed by atoms with Crippen LogP contribution in [0.4, 0.5) is 5.95 Å². The van der Waals surface area contributed by atoms with Crippen LogP contribution in [-0.4, -0.2) is 102 Å². The molecule has 5 heterocycles. The first-order chi connectivity index (χ1) is 15.7. The fourth-order valence-corrected chi connectivity index (χ4v) is 5.35. The number of fused-ring (bicyclic) bond motifs is 3. The van der Waals surface area contributed by atoms with Crippen LogP contribution in [0.5, 0.6) is 0 Å². The zero-order valence-corrected chi connectivity index (χ0v) is 18.7. The number of aromatic nitrogens is 2. The van der Waals surface area contributed by atoms with E-state index in [9.17, 15) is 4.79 Å². The molecule has 0 N–H and O–H groups in total. The van der Waals surface area contributed by atoms with Gasteiger partial charge in [-0.25, -0.2) is 4.98 Å². The minimum atomic E-state index is 0.243. The number of rotatable bonds is 4. The Hall–Kier alpha value is -2.23. The van der Waals surface area contributed by atoms with E-state index < -0.39 is 0 Å². The molecule has 3 aliphatic heterocycles. The lowest BCUT2D eigenvalue weighted by Gasteiger charge is -2.43. The van der Waals surface area contributed by atoms with E-state index in [2.05, 4.69) is 19.7 Å². The number of amides is 1. The molecule has 2 aromatic rings. The normalized spacial score (nSPS) is 23.4. The molecule has 4 aliphatic rings. The largest absolute Gasteiger partial charge is 0.441 e. The first-order valence-corrected chi connectivity index (χ1v) is 12.1. The topological polar surface area (TPSA) is 78.2 Å². The van der Waals surface area contributed by atoms with Crippen LogP contribution in [0.15, 0.2) is 10.6 Å². The van der Waals surface area contributed by atoms with Gasteiger partial charge in [-0.1, -0.05) is 6.42 Å². The van der Waals surface area contributed by atoms with Gasteiger partial charge in [-0.15, -0.1) is 0 Å². The van der Waals surface area contributed by atoms with Crippen molar-refractivity contribution >= 4 is 23.0 Å². The lowest BCUT2D eigenvalue weighted by molar-refractivity contribution is -0.135. The van der Waals surface area contributed by atoms with Gasteiger partial charge in [0.15, 0.2) is 0 Å². The van der Waals surface area contributed by atoms with Crippen molar-refractivity contribution in [1.82, 2.24) is 24.7 Å². The van der Waals surface area contributed by atoms with E-state index >= 15 is 0 Å². The molecule has 2 saturated heterocycles. The van der Waals surface area contributed by atoms with Crippen LogP contribution in [0, 0.1) is 0 Å². The fourth-order valence-electron chi connectivity index (χ4n) is 5.35. The number of furan rings is 1. The van der Waals surface area contributed by atoms with Gasteiger partial charge in [0.05, 0.1) is 31.7 Å². The molecule has 1 amide bonds. The Kier molecular flexibility index (Phi) is 5.48. The van der Waals surface area contributed by atoms with Gasteiger partial charge in [0.1, 0.15) is 5.76 Å². The zero-order chi connectivity index (χ0) is 21.5. The predicted octanol–water partition coefficient (Wildman–Crippen LogP) is 1.11. The number of hydrogen-bond donors (Lipinski definition) is 0. The smallest absolute Gasteiger partial charge is 0.236 e. The van der Waals surface area contributed by atoms with Crippen molar-refractivity contribution in [3.8, 4) is 0 Å². The molecule has 0 spiro atoms. The van der Waals surface area contributed by atoms with Crippen molar-refractivity contribution in [2.24, 2.45) is 0 Å². The van der Waals surface area contributed by atoms with Gasteiger partial charge >= 0.3 is 0 Å². The van der Waals surface area contributed by atoms with Gasteiger partial charge in [-0.05, 0) is 19.3 Å². The molecule has 0 radical (unpaired) electrons. The molecule has 9 heteroatoms. The molecule has 1 saturated carbocycles. The summed E-state index contributed by atoms with van der Waals surface area (Å²) in [5.41, 5.74) is 1.86. The number of anilines is 1. The van der Waals surface area contributed by atoms with Crippen molar-refractivity contribution in [3.63, 3.8) is 0 Å². The zero-order valence-electron chi connectivity index (χ0n) is 18.7. The summed E-state index contributed by atoms with van der Waals surface area (Å²) in [6.45, 7) is 8.76. The number of hydrogen-bond acceptors (Lipinski definition) is 8. The number of carbonyl (C=O) groups excluding carboxylic acids is 1. The lowest BCUT2D eigenvalue weighted by Crippen LogP contribution is -2.55. The van der Waals surface area contributed by atoms with Crippen LogP contribution in [-0.2, 0) is 22.5 Å². The number of ether oxygens (including phenoxy) is 1. The van der Waals surface area contributed by atoms with Gasteiger partial charge in [-0.2, -0.15) is 4.98 Å². The van der Waals surface area contributed by atoms with Crippen LogP contribution < -0.4 is 4.90 Å². The Bertz CT molecular complexity index is 976. The van der Waals surface area contributed by atoms with Gasteiger partial charge < -0.3 is 19.0 Å². The molecule has 1 aliphatic carbocycles. The maximum absolute atomic E-state index is 12.9. The van der Waals surface area contributed by atoms with Crippen LogP contribution in [0.25, 0.3) is 11.1 Å². The van der Waals surface area contributed by atoms with E-state index in [1.807, 2.05) is 11.1 Å². The average molecular weight is 441 g/mol. The molecule has 6 rings (SSSR count). The highest BCUT2D eigenvalue weighted by Gasteiger charge is 2.31. The molecule has 0 unspecified atom stereocenters. The standard InChI is InChI=1S/C23H32N6O3/c30-21(28-8-6-27(7-9-28)17-2-1-3-17)16-26-5-4-18-19-14-24-23(29-10-12-31-13-11-29)25-22(19)32-20(18)15-26/h14,17H,1-13,15-16H2. The highest BCUT2D eigenvalue weighted by atomic mass is 16.5. The first-order valence-electron chi connectivity index (χ1n) is 12.1. The molecule has 32 heavy (non-hydrogen) atoms. The van der Waals surface area contributed by atoms with Crippen molar-refractivity contribution in [2.45, 2.75) is 38.3 Å². The Morgan fingerprint density at radius 3 is 2.62 bits per heavy atom. The molecule has 0 bridgehead atoms. The van der Waals surface area contributed by atoms with E-state index in [4.69, 9.17) is 14.1 Å². The summed E-state index contributed by atoms with van der Waals surface area (Å²) in [7, 11) is 0. The Morgan fingerprint density at radius 1 is 1.06 bits per heavy atom. The molecule has 9 nitrogen and oxygen atoms in total. The molecular formula is C23H32N6O3. The fraction of sp³-hybridized carbons (Fsp3) is 0.696. The van der Waals surface area contributed by atoms with E-state index in [1.165, 1.54) is 24.8 Å². The van der Waals surface area contributed by atoms with E-state index in [-0.39, 0.29) is 5.91 Å². The molecule has 0 aromatic carbocycles. The summed E-state index contributed by atoms with van der Waals surface area (Å²) in [6.07, 6.45) is 6.80. The molecule has 2 aromatic heterocycles. The second kappa shape index (κ2) is 8.61. The maximum Gasteiger partial charge on any atom is 0.236 e. The maximum atomic E-state index is 12.9. The van der Waals surface area contributed by atoms with Crippen molar-refractivity contribution in [3.05, 3.63) is 17.5 Å². The Labute approximate surface area is 188 Å². The number of nitrogens with zero attached hydrogens (tertiary/aromatic N) is 6. The summed E-state index contributed by atoms with van der Waals surface area (Å²) >= 11 is 0. The van der Waals surface area contributed by atoms with Crippen LogP contribution in [0.3, 0.4) is 0 Å². The lowest BCUT2D eigenvalue weighted by atomic mass is 9.91. The molecule has 172 valence electrons. The summed E-state index contributed by atoms with van der Waals surface area (Å²) in [5, 5.41) is 1.01. The molecule has 0 atom stereocenters. The average Bonchev–Trinajstić information content (AvgIpc) is 3.16. The third kappa shape index (κ3) is 3.86. The summed E-state index contributed by atoms with van der Waals surface area (Å²) in [5.74, 6) is 1.88. The van der Waals surface area contributed by atoms with Gasteiger partial charge in [0.2, 0.25) is 17.6 Å². The van der Waals surface area contributed by atoms with Crippen LogP contribution in [0.1, 0.15) is 30.6 Å². The third-order valence-electron chi connectivity index (χ3n) is 7.58. The van der Waals surface area contributed by atoms with E-state index in [1.54, 1.807) is 0 Å². The first kappa shape index (κ1) is 20.4. The third-order valence-corrected chi connectivity index (χ3v) is 7.58. The minimum absolute atomic E-state index is 0.243. The highest BCUT2D eigenvalue weighted by molar-refractivity contribution is 5.80. The molecular weight excluding hydrogens is 408 g/mol. The van der Waals surface area contributed by atoms with Gasteiger partial charge in [0, 0.05) is 63.6 Å². The van der Waals surface area contributed by atoms with E-state index in [0.717, 1.165) is 69.4 Å². The molecule has 3 fully saturated rings. The summed E-state index contributed by atoms with van der Waals surface area (Å²) in [4.78, 5) is 31.2. The predicted molar refractivity (Wildman–Crippen MR) is 120 cm³/mol. The second-order valence-electron chi connectivity index (χ2n) is 9.45. The number of carbonyl (C=O) groups is 1. The van der Waals surface area contributed by atoms with Gasteiger partial charge in [0.25, 0.3) is 0 Å². The SMILES string of the molecule is O=C(CN1CCc2c(oc3nc(N4CCOCC4)ncc23)C1)N1CCN(C2CCC2)CC1. The monoisotopic (exact) mass is 440 g/mol. The van der Waals surface area contributed by atoms with Crippen molar-refractivity contribution in [1.29, 1.82) is 0 Å². The van der Waals surface area contributed by atoms with E-state index in [0.29, 0.717) is 38.0 Å². The Morgan fingerprint density at radius 2 is 1.88 bits per heavy atom. The summed E-state index contributed by atoms with van der Waals surface area (Å²) in [6, 6.07) is 0.771. The van der Waals surface area contributed by atoms with Crippen molar-refractivity contribution in [2.75, 3.05) is 70.5 Å². The Balaban J connectivity index is 1.09. The van der Waals surface area contributed by atoms with Crippen LogP contribution >= 0.6 is 0 Å². The highest BCUT2D eigenvalue weighted by Crippen LogP contribution is 2.30.